The van der Waals surface area contributed by atoms with Crippen molar-refractivity contribution in [2.24, 2.45) is 16.6 Å². The lowest BCUT2D eigenvalue weighted by atomic mass is 9.59. The number of hydrogen-bond donors (Lipinski definition) is 2. The third-order valence-corrected chi connectivity index (χ3v) is 4.57. The number of hydrogen-bond acceptors (Lipinski definition) is 2. The Hall–Kier alpha value is -0.0800. The predicted octanol–water partition coefficient (Wildman–Crippen LogP) is 2.69. The van der Waals surface area contributed by atoms with Crippen molar-refractivity contribution in [1.82, 2.24) is 0 Å². The molecule has 1 aliphatic rings. The average molecular weight is 213 g/mol. The van der Waals surface area contributed by atoms with Gasteiger partial charge in [-0.2, -0.15) is 0 Å². The summed E-state index contributed by atoms with van der Waals surface area (Å²) < 4.78 is 0. The monoisotopic (exact) mass is 213 g/mol. The molecule has 0 aromatic rings. The summed E-state index contributed by atoms with van der Waals surface area (Å²) in [6.45, 7) is 9.35. The predicted molar refractivity (Wildman–Crippen MR) is 64.7 cm³/mol. The molecule has 0 heterocycles. The molecule has 2 heteroatoms. The zero-order chi connectivity index (χ0) is 11.7. The maximum Gasteiger partial charge on any atom is 0.0718 e. The van der Waals surface area contributed by atoms with Crippen LogP contribution in [0.5, 0.6) is 0 Å². The Morgan fingerprint density at radius 3 is 2.33 bits per heavy atom. The van der Waals surface area contributed by atoms with Gasteiger partial charge in [-0.15, -0.1) is 0 Å². The highest BCUT2D eigenvalue weighted by Gasteiger charge is 2.49. The number of aliphatic hydroxyl groups is 1. The summed E-state index contributed by atoms with van der Waals surface area (Å²) in [5.74, 6) is 0. The van der Waals surface area contributed by atoms with Crippen LogP contribution in [-0.2, 0) is 0 Å². The van der Waals surface area contributed by atoms with Gasteiger partial charge in [-0.05, 0) is 31.1 Å². The molecule has 3 N–H and O–H groups in total. The van der Waals surface area contributed by atoms with Crippen LogP contribution in [-0.4, -0.2) is 17.3 Å². The van der Waals surface area contributed by atoms with Gasteiger partial charge in [0.2, 0.25) is 0 Å². The Balaban J connectivity index is 2.90. The van der Waals surface area contributed by atoms with Gasteiger partial charge in [0.15, 0.2) is 0 Å². The fraction of sp³-hybridized carbons (Fsp3) is 1.00. The summed E-state index contributed by atoms with van der Waals surface area (Å²) in [6.07, 6.45) is 5.11. The van der Waals surface area contributed by atoms with Gasteiger partial charge in [-0.25, -0.2) is 0 Å². The van der Waals surface area contributed by atoms with Crippen LogP contribution in [0.25, 0.3) is 0 Å². The van der Waals surface area contributed by atoms with E-state index in [2.05, 4.69) is 27.7 Å². The molecule has 15 heavy (non-hydrogen) atoms. The zero-order valence-electron chi connectivity index (χ0n) is 10.8. The molecule has 0 radical (unpaired) electrons. The summed E-state index contributed by atoms with van der Waals surface area (Å²) in [4.78, 5) is 0. The molecule has 2 nitrogen and oxygen atoms in total. The summed E-state index contributed by atoms with van der Waals surface area (Å²) in [7, 11) is 0. The topological polar surface area (TPSA) is 46.2 Å². The number of rotatable bonds is 3. The van der Waals surface area contributed by atoms with Crippen molar-refractivity contribution < 1.29 is 5.11 Å². The van der Waals surface area contributed by atoms with Gasteiger partial charge in [-0.1, -0.05) is 34.1 Å². The molecule has 0 aromatic carbocycles. The van der Waals surface area contributed by atoms with E-state index in [1.165, 1.54) is 6.42 Å². The molecule has 2 atom stereocenters. The first kappa shape index (κ1) is 13.0. The quantitative estimate of drug-likeness (QED) is 0.757. The lowest BCUT2D eigenvalue weighted by molar-refractivity contribution is -0.126. The third kappa shape index (κ3) is 2.36. The first-order chi connectivity index (χ1) is 6.79. The molecule has 0 saturated heterocycles. The third-order valence-electron chi connectivity index (χ3n) is 4.57. The first-order valence-corrected chi connectivity index (χ1v) is 6.21. The van der Waals surface area contributed by atoms with Gasteiger partial charge in [0.1, 0.15) is 0 Å². The van der Waals surface area contributed by atoms with Crippen LogP contribution < -0.4 is 5.73 Å². The van der Waals surface area contributed by atoms with Crippen molar-refractivity contribution in [2.75, 3.05) is 6.54 Å². The second kappa shape index (κ2) is 4.06. The summed E-state index contributed by atoms with van der Waals surface area (Å²) in [5.41, 5.74) is 5.45. The highest BCUT2D eigenvalue weighted by molar-refractivity contribution is 5.01. The van der Waals surface area contributed by atoms with E-state index in [9.17, 15) is 5.11 Å². The molecule has 0 bridgehead atoms. The van der Waals surface area contributed by atoms with E-state index in [1.807, 2.05) is 0 Å². The van der Waals surface area contributed by atoms with Crippen LogP contribution in [0.2, 0.25) is 0 Å². The van der Waals surface area contributed by atoms with Gasteiger partial charge >= 0.3 is 0 Å². The van der Waals surface area contributed by atoms with Crippen LogP contribution in [0, 0.1) is 10.8 Å². The molecule has 0 aliphatic heterocycles. The van der Waals surface area contributed by atoms with E-state index in [-0.39, 0.29) is 10.8 Å². The maximum atomic E-state index is 10.8. The molecule has 90 valence electrons. The van der Waals surface area contributed by atoms with Crippen LogP contribution in [0.15, 0.2) is 0 Å². The summed E-state index contributed by atoms with van der Waals surface area (Å²) >= 11 is 0. The van der Waals surface area contributed by atoms with Gasteiger partial charge < -0.3 is 10.8 Å². The van der Waals surface area contributed by atoms with Crippen molar-refractivity contribution in [3.63, 3.8) is 0 Å². The maximum absolute atomic E-state index is 10.8. The van der Waals surface area contributed by atoms with Crippen molar-refractivity contribution in [3.8, 4) is 0 Å². The molecule has 0 amide bonds. The van der Waals surface area contributed by atoms with Crippen LogP contribution >= 0.6 is 0 Å². The minimum absolute atomic E-state index is 0.120. The van der Waals surface area contributed by atoms with Crippen molar-refractivity contribution in [1.29, 1.82) is 0 Å². The lowest BCUT2D eigenvalue weighted by Gasteiger charge is -2.51. The standard InChI is InChI=1S/C13H27NO/c1-5-12(4,10-14)13(15)8-6-7-11(2,3)9-13/h15H,5-10,14H2,1-4H3. The Morgan fingerprint density at radius 1 is 1.33 bits per heavy atom. The second-order valence-corrected chi connectivity index (χ2v) is 6.34. The highest BCUT2D eigenvalue weighted by atomic mass is 16.3. The zero-order valence-corrected chi connectivity index (χ0v) is 10.8. The Morgan fingerprint density at radius 2 is 1.93 bits per heavy atom. The van der Waals surface area contributed by atoms with Gasteiger partial charge in [0.25, 0.3) is 0 Å². The average Bonchev–Trinajstić information content (AvgIpc) is 2.14. The molecular weight excluding hydrogens is 186 g/mol. The fourth-order valence-corrected chi connectivity index (χ4v) is 3.01. The molecule has 0 spiro atoms. The highest BCUT2D eigenvalue weighted by Crippen LogP contribution is 2.49. The van der Waals surface area contributed by atoms with E-state index < -0.39 is 5.60 Å². The fourth-order valence-electron chi connectivity index (χ4n) is 3.01. The van der Waals surface area contributed by atoms with E-state index in [4.69, 9.17) is 5.73 Å². The van der Waals surface area contributed by atoms with Crippen LogP contribution in [0.1, 0.15) is 59.8 Å². The molecule has 1 aliphatic carbocycles. The van der Waals surface area contributed by atoms with Crippen LogP contribution in [0.3, 0.4) is 0 Å². The minimum atomic E-state index is -0.557. The Labute approximate surface area is 94.2 Å². The SMILES string of the molecule is CCC(C)(CN)C1(O)CCCC(C)(C)C1. The molecule has 1 fully saturated rings. The van der Waals surface area contributed by atoms with E-state index in [0.717, 1.165) is 25.7 Å². The molecule has 1 rings (SSSR count). The molecule has 2 unspecified atom stereocenters. The van der Waals surface area contributed by atoms with Gasteiger partial charge in [0.05, 0.1) is 5.60 Å². The van der Waals surface area contributed by atoms with E-state index in [0.29, 0.717) is 6.54 Å². The van der Waals surface area contributed by atoms with Crippen molar-refractivity contribution >= 4 is 0 Å². The molecular formula is C13H27NO. The lowest BCUT2D eigenvalue weighted by Crippen LogP contribution is -2.54. The second-order valence-electron chi connectivity index (χ2n) is 6.34. The van der Waals surface area contributed by atoms with Crippen molar-refractivity contribution in [2.45, 2.75) is 65.4 Å². The van der Waals surface area contributed by atoms with Crippen molar-refractivity contribution in [3.05, 3.63) is 0 Å². The van der Waals surface area contributed by atoms with E-state index >= 15 is 0 Å². The van der Waals surface area contributed by atoms with Gasteiger partial charge in [0, 0.05) is 12.0 Å². The Kier molecular flexibility index (Phi) is 3.52. The minimum Gasteiger partial charge on any atom is -0.389 e. The smallest absolute Gasteiger partial charge is 0.0718 e. The molecule has 1 saturated carbocycles. The van der Waals surface area contributed by atoms with Gasteiger partial charge in [-0.3, -0.25) is 0 Å². The first-order valence-electron chi connectivity index (χ1n) is 6.21. The molecule has 0 aromatic heterocycles. The summed E-state index contributed by atoms with van der Waals surface area (Å²) in [6, 6.07) is 0. The number of nitrogens with two attached hydrogens (primary N) is 1. The van der Waals surface area contributed by atoms with E-state index in [1.54, 1.807) is 0 Å². The Bertz CT molecular complexity index is 221. The van der Waals surface area contributed by atoms with Crippen LogP contribution in [0.4, 0.5) is 0 Å². The largest absolute Gasteiger partial charge is 0.389 e. The normalized spacial score (nSPS) is 34.8. The summed E-state index contributed by atoms with van der Waals surface area (Å²) in [5, 5.41) is 10.8.